The molecule has 1 aliphatic rings. The number of aromatic nitrogens is 6. The first-order chi connectivity index (χ1) is 26.0. The highest BCUT2D eigenvalue weighted by molar-refractivity contribution is 9.10. The number of ether oxygens (including phenoxy) is 2. The van der Waals surface area contributed by atoms with Gasteiger partial charge in [0.15, 0.2) is 5.82 Å². The fourth-order valence-electron chi connectivity index (χ4n) is 4.59. The summed E-state index contributed by atoms with van der Waals surface area (Å²) in [5.74, 6) is -0.805. The smallest absolute Gasteiger partial charge is 0.463 e. The molecule has 2 aromatic carbocycles. The van der Waals surface area contributed by atoms with Crippen LogP contribution in [0, 0.1) is 0 Å². The van der Waals surface area contributed by atoms with E-state index < -0.39 is 21.5 Å². The maximum atomic E-state index is 11.4. The largest absolute Gasteiger partial charge is 0.494 e. The number of Topliss-reactive ketones (excluding diaryl/α,β-unsaturated/α-hetero) is 1. The molecule has 0 amide bonds. The molecule has 6 rings (SSSR count). The number of hydrogen-bond acceptors (Lipinski definition) is 12. The number of ketones is 1. The molecule has 0 saturated carbocycles. The normalized spacial score (nSPS) is 13.9. The van der Waals surface area contributed by atoms with Gasteiger partial charge in [0.25, 0.3) is 3.79 Å². The van der Waals surface area contributed by atoms with Crippen molar-refractivity contribution in [1.82, 2.24) is 28.7 Å². The van der Waals surface area contributed by atoms with E-state index in [0.717, 1.165) is 16.7 Å². The number of rotatable bonds is 5. The van der Waals surface area contributed by atoms with Crippen LogP contribution in [-0.2, 0) is 39.9 Å². The SMILES string of the molecule is CC1(C)OB(c2ccc(N)cc2)OC1(C)C.COC(=O)c1nc(-c2ccc(N)cc2)cn1C.COC(=O)c1nc(Br)cn1C.Cn1ccnc1C(=O)C(Cl)(Cl)Cl. The van der Waals surface area contributed by atoms with Crippen molar-refractivity contribution in [3.63, 3.8) is 0 Å². The van der Waals surface area contributed by atoms with E-state index in [1.54, 1.807) is 61.0 Å². The molecule has 0 radical (unpaired) electrons. The van der Waals surface area contributed by atoms with Crippen LogP contribution >= 0.6 is 50.7 Å². The number of anilines is 2. The number of esters is 2. The lowest BCUT2D eigenvalue weighted by molar-refractivity contribution is 0.00578. The third kappa shape index (κ3) is 12.1. The van der Waals surface area contributed by atoms with Gasteiger partial charge in [0.05, 0.1) is 31.1 Å². The Morgan fingerprint density at radius 2 is 1.21 bits per heavy atom. The molecule has 0 spiro atoms. The second kappa shape index (κ2) is 19.2. The molecule has 20 heteroatoms. The third-order valence-electron chi connectivity index (χ3n) is 8.41. The fraction of sp³-hybridized carbons (Fsp3) is 0.333. The van der Waals surface area contributed by atoms with E-state index in [0.29, 0.717) is 21.8 Å². The summed E-state index contributed by atoms with van der Waals surface area (Å²) in [6.07, 6.45) is 6.53. The van der Waals surface area contributed by atoms with Gasteiger partial charge in [-0.15, -0.1) is 0 Å². The van der Waals surface area contributed by atoms with E-state index in [2.05, 4.69) is 40.4 Å². The molecule has 1 fully saturated rings. The molecule has 15 nitrogen and oxygen atoms in total. The van der Waals surface area contributed by atoms with E-state index in [1.165, 1.54) is 25.0 Å². The molecule has 1 aliphatic heterocycles. The van der Waals surface area contributed by atoms with E-state index in [9.17, 15) is 14.4 Å². The average molecular weight is 897 g/mol. The highest BCUT2D eigenvalue weighted by Gasteiger charge is 2.51. The number of methoxy groups -OCH3 is 2. The van der Waals surface area contributed by atoms with Crippen LogP contribution in [0.1, 0.15) is 59.6 Å². The van der Waals surface area contributed by atoms with Gasteiger partial charge in [0, 0.05) is 62.9 Å². The second-order valence-corrected chi connectivity index (χ2v) is 16.2. The highest BCUT2D eigenvalue weighted by atomic mass is 79.9. The number of nitrogens with zero attached hydrogens (tertiary/aromatic N) is 6. The molecule has 56 heavy (non-hydrogen) atoms. The number of hydrogen-bond donors (Lipinski definition) is 2. The van der Waals surface area contributed by atoms with Gasteiger partial charge in [0.1, 0.15) is 4.60 Å². The summed E-state index contributed by atoms with van der Waals surface area (Å²) in [4.78, 5) is 45.5. The molecule has 3 aromatic heterocycles. The summed E-state index contributed by atoms with van der Waals surface area (Å²) in [5, 5.41) is 0. The summed E-state index contributed by atoms with van der Waals surface area (Å²) in [6, 6.07) is 14.9. The summed E-state index contributed by atoms with van der Waals surface area (Å²) < 4.78 is 24.4. The molecule has 5 aromatic rings. The molecule has 0 aliphatic carbocycles. The molecular formula is C36H43BBrCl3N8O7. The van der Waals surface area contributed by atoms with Crippen molar-refractivity contribution in [3.05, 3.63) is 95.4 Å². The summed E-state index contributed by atoms with van der Waals surface area (Å²) in [5.41, 5.74) is 14.7. The molecule has 4 heterocycles. The minimum absolute atomic E-state index is 0.134. The van der Waals surface area contributed by atoms with Crippen molar-refractivity contribution >= 4 is 92.4 Å². The molecule has 0 atom stereocenters. The van der Waals surface area contributed by atoms with Gasteiger partial charge in [-0.05, 0) is 73.4 Å². The predicted molar refractivity (Wildman–Crippen MR) is 221 cm³/mol. The first kappa shape index (κ1) is 46.0. The Labute approximate surface area is 348 Å². The molecule has 4 N–H and O–H groups in total. The van der Waals surface area contributed by atoms with Crippen molar-refractivity contribution in [2.75, 3.05) is 25.7 Å². The lowest BCUT2D eigenvalue weighted by Gasteiger charge is -2.32. The van der Waals surface area contributed by atoms with Gasteiger partial charge in [-0.25, -0.2) is 24.5 Å². The quantitative estimate of drug-likeness (QED) is 0.0692. The van der Waals surface area contributed by atoms with Crippen LogP contribution in [0.4, 0.5) is 11.4 Å². The number of benzene rings is 2. The predicted octanol–water partition coefficient (Wildman–Crippen LogP) is 5.97. The number of nitrogen functional groups attached to an aromatic ring is 2. The van der Waals surface area contributed by atoms with Crippen molar-refractivity contribution in [1.29, 1.82) is 0 Å². The zero-order valence-electron chi connectivity index (χ0n) is 32.2. The standard InChI is InChI=1S/C12H18BNO2.C12H13N3O2.C6H7BrN2O2.C6H5Cl3N2O/c1-11(2)12(3,4)16-13(15-11)9-5-7-10(14)8-6-9;1-15-7-10(14-11(15)12(16)17-2)8-3-5-9(13)6-4-8;1-9-3-4(7)8-5(9)6(10)11-2;1-11-3-2-10-5(11)4(12)6(7,8)9/h5-8H,14H2,1-4H3;3-7H,13H2,1-2H3;3H,1-2H3;2-3H,1H3. The van der Waals surface area contributed by atoms with Gasteiger partial charge in [0.2, 0.25) is 17.4 Å². The Balaban J connectivity index is 0.000000204. The maximum absolute atomic E-state index is 11.4. The Hall–Kier alpha value is -4.39. The number of alkyl halides is 3. The summed E-state index contributed by atoms with van der Waals surface area (Å²) in [7, 11) is 7.48. The van der Waals surface area contributed by atoms with Crippen LogP contribution < -0.4 is 16.9 Å². The number of carbonyl (C=O) groups is 3. The lowest BCUT2D eigenvalue weighted by Crippen LogP contribution is -2.41. The highest BCUT2D eigenvalue weighted by Crippen LogP contribution is 2.36. The topological polar surface area (TPSA) is 194 Å². The number of halogens is 4. The van der Waals surface area contributed by atoms with Crippen molar-refractivity contribution in [3.8, 4) is 11.3 Å². The van der Waals surface area contributed by atoms with Gasteiger partial charge in [-0.3, -0.25) is 4.79 Å². The Kier molecular flexibility index (Phi) is 15.7. The Bertz CT molecular complexity index is 2100. The van der Waals surface area contributed by atoms with Crippen molar-refractivity contribution < 1.29 is 33.2 Å². The number of aryl methyl sites for hydroxylation is 3. The first-order valence-corrected chi connectivity index (χ1v) is 18.5. The number of nitrogens with two attached hydrogens (primary N) is 2. The van der Waals surface area contributed by atoms with Gasteiger partial charge in [-0.1, -0.05) is 59.1 Å². The van der Waals surface area contributed by atoms with E-state index in [1.807, 2.05) is 64.1 Å². The maximum Gasteiger partial charge on any atom is 0.494 e. The van der Waals surface area contributed by atoms with Crippen molar-refractivity contribution in [2.45, 2.75) is 42.7 Å². The molecule has 300 valence electrons. The van der Waals surface area contributed by atoms with Crippen LogP contribution in [0.15, 0.2) is 77.9 Å². The Morgan fingerprint density at radius 3 is 1.62 bits per heavy atom. The van der Waals surface area contributed by atoms with E-state index >= 15 is 0 Å². The number of imidazole rings is 3. The molecular weight excluding hydrogens is 854 g/mol. The average Bonchev–Trinajstić information content (AvgIpc) is 3.88. The zero-order valence-corrected chi connectivity index (χ0v) is 36.1. The second-order valence-electron chi connectivity index (χ2n) is 13.1. The number of carbonyl (C=O) groups excluding carboxylic acids is 3. The monoisotopic (exact) mass is 894 g/mol. The molecule has 1 saturated heterocycles. The minimum Gasteiger partial charge on any atom is -0.463 e. The van der Waals surface area contributed by atoms with Crippen LogP contribution in [-0.4, -0.2) is 82.7 Å². The van der Waals surface area contributed by atoms with Crippen LogP contribution in [0.2, 0.25) is 0 Å². The first-order valence-electron chi connectivity index (χ1n) is 16.6. The van der Waals surface area contributed by atoms with Gasteiger partial charge < -0.3 is 44.0 Å². The van der Waals surface area contributed by atoms with Crippen LogP contribution in [0.5, 0.6) is 0 Å². The lowest BCUT2D eigenvalue weighted by atomic mass is 9.79. The molecule has 0 bridgehead atoms. The van der Waals surface area contributed by atoms with Gasteiger partial charge in [-0.2, -0.15) is 0 Å². The van der Waals surface area contributed by atoms with Crippen molar-refractivity contribution in [2.24, 2.45) is 21.1 Å². The van der Waals surface area contributed by atoms with Gasteiger partial charge >= 0.3 is 19.1 Å². The van der Waals surface area contributed by atoms with E-state index in [-0.39, 0.29) is 30.0 Å². The summed E-state index contributed by atoms with van der Waals surface area (Å²) >= 11 is 19.3. The summed E-state index contributed by atoms with van der Waals surface area (Å²) in [6.45, 7) is 8.18. The van der Waals surface area contributed by atoms with Crippen LogP contribution in [0.25, 0.3) is 11.3 Å². The van der Waals surface area contributed by atoms with Crippen LogP contribution in [0.3, 0.4) is 0 Å². The zero-order chi connectivity index (χ0) is 42.2. The minimum atomic E-state index is -1.93. The fourth-order valence-corrected chi connectivity index (χ4v) is 5.32. The molecule has 0 unspecified atom stereocenters. The Morgan fingerprint density at radius 1 is 0.750 bits per heavy atom. The van der Waals surface area contributed by atoms with E-state index in [4.69, 9.17) is 55.6 Å². The third-order valence-corrected chi connectivity index (χ3v) is 9.31.